The minimum Gasteiger partial charge on any atom is -0.481 e. The Balaban J connectivity index is 1.37. The Morgan fingerprint density at radius 2 is 1.81 bits per heavy atom. The molecule has 2 heterocycles. The molecule has 2 aromatic carbocycles. The Morgan fingerprint density at radius 1 is 1.08 bits per heavy atom. The van der Waals surface area contributed by atoms with Crippen LogP contribution in [0.4, 0.5) is 0 Å². The van der Waals surface area contributed by atoms with E-state index in [4.69, 9.17) is 14.2 Å². The number of hydrogen-bond acceptors (Lipinski definition) is 7. The number of rotatable bonds is 9. The van der Waals surface area contributed by atoms with Gasteiger partial charge < -0.3 is 19.3 Å². The maximum Gasteiger partial charge on any atom is 0.324 e. The molecule has 1 aromatic heterocycles. The molecule has 1 aliphatic heterocycles. The van der Waals surface area contributed by atoms with Crippen LogP contribution < -0.4 is 14.2 Å². The summed E-state index contributed by atoms with van der Waals surface area (Å²) in [7, 11) is 3.07. The van der Waals surface area contributed by atoms with E-state index in [1.54, 1.807) is 0 Å². The highest BCUT2D eigenvalue weighted by molar-refractivity contribution is 5.83. The highest BCUT2D eigenvalue weighted by Crippen LogP contribution is 2.55. The van der Waals surface area contributed by atoms with E-state index in [1.165, 1.54) is 14.2 Å². The van der Waals surface area contributed by atoms with Gasteiger partial charge in [0.2, 0.25) is 11.8 Å². The number of aliphatic carboxylic acids is 1. The first kappa shape index (κ1) is 24.1. The number of benzene rings is 2. The van der Waals surface area contributed by atoms with Crippen molar-refractivity contribution >= 4 is 5.97 Å². The summed E-state index contributed by atoms with van der Waals surface area (Å²) in [5, 5.41) is 9.92. The largest absolute Gasteiger partial charge is 0.481 e. The zero-order chi connectivity index (χ0) is 25.3. The molecule has 5 rings (SSSR count). The van der Waals surface area contributed by atoms with Gasteiger partial charge in [-0.2, -0.15) is 9.97 Å². The van der Waals surface area contributed by atoms with Crippen molar-refractivity contribution in [3.05, 3.63) is 65.2 Å². The van der Waals surface area contributed by atoms with Gasteiger partial charge in [-0.05, 0) is 60.9 Å². The van der Waals surface area contributed by atoms with Gasteiger partial charge in [0, 0.05) is 6.54 Å². The summed E-state index contributed by atoms with van der Waals surface area (Å²) in [6, 6.07) is 16.5. The van der Waals surface area contributed by atoms with Gasteiger partial charge in [-0.3, -0.25) is 9.69 Å². The van der Waals surface area contributed by atoms with E-state index in [1.807, 2.05) is 35.2 Å². The zero-order valence-corrected chi connectivity index (χ0v) is 20.9. The molecule has 1 saturated carbocycles. The van der Waals surface area contributed by atoms with E-state index >= 15 is 0 Å². The van der Waals surface area contributed by atoms with Crippen molar-refractivity contribution in [1.29, 1.82) is 0 Å². The van der Waals surface area contributed by atoms with Gasteiger partial charge in [0.25, 0.3) is 0 Å². The fourth-order valence-electron chi connectivity index (χ4n) is 5.46. The van der Waals surface area contributed by atoms with Crippen LogP contribution in [-0.2, 0) is 17.9 Å². The number of nitrogens with zero attached hydrogens (tertiary/aromatic N) is 3. The fraction of sp³-hybridized carbons (Fsp3) is 0.393. The highest BCUT2D eigenvalue weighted by Gasteiger charge is 2.65. The third-order valence-electron chi connectivity index (χ3n) is 7.52. The van der Waals surface area contributed by atoms with E-state index < -0.39 is 11.5 Å². The molecule has 2 aliphatic rings. The van der Waals surface area contributed by atoms with Crippen molar-refractivity contribution in [2.75, 3.05) is 20.8 Å². The minimum absolute atomic E-state index is 0.146. The van der Waals surface area contributed by atoms with Gasteiger partial charge in [-0.1, -0.05) is 48.5 Å². The van der Waals surface area contributed by atoms with Gasteiger partial charge in [0.05, 0.1) is 19.8 Å². The maximum absolute atomic E-state index is 12.1. The predicted octanol–water partition coefficient (Wildman–Crippen LogP) is 4.49. The molecule has 1 saturated heterocycles. The average molecular weight is 490 g/mol. The quantitative estimate of drug-likeness (QED) is 0.470. The summed E-state index contributed by atoms with van der Waals surface area (Å²) in [4.78, 5) is 23.1. The number of hydrogen-bond donors (Lipinski definition) is 1. The highest BCUT2D eigenvalue weighted by atomic mass is 16.5. The fourth-order valence-corrected chi connectivity index (χ4v) is 5.46. The number of methoxy groups -OCH3 is 2. The smallest absolute Gasteiger partial charge is 0.324 e. The van der Waals surface area contributed by atoms with Gasteiger partial charge in [0.1, 0.15) is 12.1 Å². The molecule has 2 atom stereocenters. The van der Waals surface area contributed by atoms with Gasteiger partial charge in [-0.15, -0.1) is 0 Å². The summed E-state index contributed by atoms with van der Waals surface area (Å²) < 4.78 is 17.2. The molecule has 0 radical (unpaired) electrons. The Morgan fingerprint density at radius 3 is 2.47 bits per heavy atom. The first-order chi connectivity index (χ1) is 17.5. The lowest BCUT2D eigenvalue weighted by Crippen LogP contribution is -2.47. The van der Waals surface area contributed by atoms with E-state index in [0.29, 0.717) is 36.8 Å². The van der Waals surface area contributed by atoms with Crippen LogP contribution in [-0.4, -0.2) is 52.2 Å². The molecule has 1 N–H and O–H groups in total. The van der Waals surface area contributed by atoms with Gasteiger partial charge in [0.15, 0.2) is 0 Å². The van der Waals surface area contributed by atoms with Crippen LogP contribution in [0.2, 0.25) is 0 Å². The first-order valence-electron chi connectivity index (χ1n) is 12.2. The predicted molar refractivity (Wildman–Crippen MR) is 134 cm³/mol. The van der Waals surface area contributed by atoms with E-state index in [9.17, 15) is 9.90 Å². The van der Waals surface area contributed by atoms with Crippen molar-refractivity contribution in [3.8, 4) is 28.9 Å². The minimum atomic E-state index is -0.801. The van der Waals surface area contributed by atoms with Crippen molar-refractivity contribution in [2.45, 2.75) is 44.9 Å². The lowest BCUT2D eigenvalue weighted by atomic mass is 9.97. The third kappa shape index (κ3) is 4.26. The van der Waals surface area contributed by atoms with E-state index in [2.05, 4.69) is 35.1 Å². The number of carboxylic acids is 1. The molecular formula is C28H31N3O5. The molecule has 188 valence electrons. The number of piperidine rings is 1. The summed E-state index contributed by atoms with van der Waals surface area (Å²) in [5.74, 6) is 0.0862. The molecule has 8 nitrogen and oxygen atoms in total. The number of likely N-dealkylation sites (tertiary alicyclic amines) is 1. The van der Waals surface area contributed by atoms with Crippen LogP contribution in [0.15, 0.2) is 48.5 Å². The molecule has 8 heteroatoms. The number of fused-ring (bicyclic) bond motifs is 1. The number of ether oxygens (including phenoxy) is 3. The van der Waals surface area contributed by atoms with Crippen LogP contribution in [0.1, 0.15) is 36.0 Å². The maximum atomic E-state index is 12.1. The van der Waals surface area contributed by atoms with Gasteiger partial charge in [-0.25, -0.2) is 0 Å². The Bertz CT molecular complexity index is 1240. The second-order valence-electron chi connectivity index (χ2n) is 9.44. The summed E-state index contributed by atoms with van der Waals surface area (Å²) in [6.07, 6.45) is 2.59. The monoisotopic (exact) mass is 489 g/mol. The second kappa shape index (κ2) is 9.78. The number of carboxylic acid groups (broad SMARTS) is 1. The Hall–Kier alpha value is -3.65. The van der Waals surface area contributed by atoms with Crippen molar-refractivity contribution in [1.82, 2.24) is 14.9 Å². The van der Waals surface area contributed by atoms with Crippen LogP contribution in [0, 0.1) is 12.8 Å². The molecule has 3 aromatic rings. The molecule has 0 bridgehead atoms. The van der Waals surface area contributed by atoms with Crippen LogP contribution in [0.3, 0.4) is 0 Å². The zero-order valence-electron chi connectivity index (χ0n) is 20.9. The first-order valence-corrected chi connectivity index (χ1v) is 12.2. The Kier molecular flexibility index (Phi) is 6.53. The third-order valence-corrected chi connectivity index (χ3v) is 7.52. The molecule has 0 spiro atoms. The molecular weight excluding hydrogens is 458 g/mol. The standard InChI is InChI=1S/C28H31N3O5/c1-18-20(11-7-13-22(18)19-9-5-4-6-10-19)17-36-27-29-24(34-2)23(25(30-27)35-3)16-31-14-8-12-21-15-28(21,31)26(32)33/h4-7,9-11,13,21H,8,12,14-17H2,1-3H3,(H,32,33)/t21-,28-/m1/s1. The second-order valence-corrected chi connectivity index (χ2v) is 9.44. The lowest BCUT2D eigenvalue weighted by molar-refractivity contribution is -0.147. The normalized spacial score (nSPS) is 20.9. The lowest BCUT2D eigenvalue weighted by Gasteiger charge is -2.33. The SMILES string of the molecule is COc1nc(OCc2cccc(-c3ccccc3)c2C)nc(OC)c1CN1CCC[C@@H]2C[C@]21C(=O)O. The molecule has 0 unspecified atom stereocenters. The van der Waals surface area contributed by atoms with Crippen LogP contribution in [0.25, 0.3) is 11.1 Å². The van der Waals surface area contributed by atoms with Crippen molar-refractivity contribution in [3.63, 3.8) is 0 Å². The topological polar surface area (TPSA) is 94.0 Å². The average Bonchev–Trinajstić information content (AvgIpc) is 3.66. The summed E-state index contributed by atoms with van der Waals surface area (Å²) in [5.41, 5.74) is 4.28. The van der Waals surface area contributed by atoms with Crippen molar-refractivity contribution in [2.24, 2.45) is 5.92 Å². The summed E-state index contributed by atoms with van der Waals surface area (Å²) in [6.45, 7) is 3.40. The molecule has 36 heavy (non-hydrogen) atoms. The Labute approximate surface area is 210 Å². The molecule has 1 aliphatic carbocycles. The van der Waals surface area contributed by atoms with E-state index in [-0.39, 0.29) is 18.5 Å². The summed E-state index contributed by atoms with van der Waals surface area (Å²) >= 11 is 0. The molecule has 2 fully saturated rings. The number of aromatic nitrogens is 2. The van der Waals surface area contributed by atoms with Crippen LogP contribution >= 0.6 is 0 Å². The van der Waals surface area contributed by atoms with E-state index in [0.717, 1.165) is 35.1 Å². The van der Waals surface area contributed by atoms with Crippen LogP contribution in [0.5, 0.6) is 17.8 Å². The molecule has 0 amide bonds. The number of carbonyl (C=O) groups is 1. The van der Waals surface area contributed by atoms with Crippen molar-refractivity contribution < 1.29 is 24.1 Å². The van der Waals surface area contributed by atoms with Gasteiger partial charge >= 0.3 is 12.0 Å².